The Morgan fingerprint density at radius 1 is 1.07 bits per heavy atom. The fourth-order valence-corrected chi connectivity index (χ4v) is 5.49. The number of anilines is 2. The van der Waals surface area contributed by atoms with Gasteiger partial charge in [0.1, 0.15) is 15.5 Å². The molecule has 0 aliphatic carbocycles. The largest absolute Gasteiger partial charge is 0.746 e. The normalized spacial score (nSPS) is 14.3. The van der Waals surface area contributed by atoms with Crippen molar-refractivity contribution in [1.29, 1.82) is 0 Å². The van der Waals surface area contributed by atoms with Crippen LogP contribution in [0.5, 0.6) is 0 Å². The highest BCUT2D eigenvalue weighted by atomic mass is 32.2. The lowest BCUT2D eigenvalue weighted by molar-refractivity contribution is 0.445. The Morgan fingerprint density at radius 3 is 2.54 bits per heavy atom. The third kappa shape index (κ3) is 3.30. The quantitative estimate of drug-likeness (QED) is 0.566. The van der Waals surface area contributed by atoms with Crippen LogP contribution in [0.3, 0.4) is 0 Å². The Hall–Kier alpha value is -2.35. The molecular formula is C21H19N2O3S2-. The van der Waals surface area contributed by atoms with Crippen LogP contribution in [0.4, 0.5) is 11.4 Å². The molecule has 5 nitrogen and oxygen atoms in total. The number of rotatable bonds is 4. The van der Waals surface area contributed by atoms with Crippen molar-refractivity contribution in [1.82, 2.24) is 4.98 Å². The minimum atomic E-state index is -4.53. The van der Waals surface area contributed by atoms with E-state index in [0.29, 0.717) is 0 Å². The number of aryl methyl sites for hydroxylation is 1. The summed E-state index contributed by atoms with van der Waals surface area (Å²) in [7, 11) is -4.53. The molecule has 28 heavy (non-hydrogen) atoms. The van der Waals surface area contributed by atoms with Gasteiger partial charge in [0.25, 0.3) is 0 Å². The number of hydrogen-bond donors (Lipinski definition) is 0. The SMILES string of the molecule is CCC(N1c2ccccc2Sc2ccc(-c3ncccc3C)cc21)S(=O)(=O)[O-]. The molecule has 1 aromatic heterocycles. The number of nitrogens with zero attached hydrogens (tertiary/aromatic N) is 2. The topological polar surface area (TPSA) is 73.3 Å². The van der Waals surface area contributed by atoms with Crippen LogP contribution in [0.25, 0.3) is 11.3 Å². The van der Waals surface area contributed by atoms with E-state index >= 15 is 0 Å². The van der Waals surface area contributed by atoms with Crippen molar-refractivity contribution in [3.8, 4) is 11.3 Å². The zero-order valence-corrected chi connectivity index (χ0v) is 17.1. The third-order valence-electron chi connectivity index (χ3n) is 4.82. The molecule has 144 valence electrons. The number of aromatic nitrogens is 1. The van der Waals surface area contributed by atoms with Crippen LogP contribution in [-0.2, 0) is 10.1 Å². The average molecular weight is 412 g/mol. The first kappa shape index (κ1) is 19.0. The van der Waals surface area contributed by atoms with Crippen LogP contribution >= 0.6 is 11.8 Å². The Labute approximate surface area is 169 Å². The molecule has 1 aliphatic rings. The molecule has 2 heterocycles. The molecule has 0 fully saturated rings. The number of pyridine rings is 1. The second kappa shape index (κ2) is 7.24. The molecule has 0 amide bonds. The van der Waals surface area contributed by atoms with Gasteiger partial charge in [-0.15, -0.1) is 0 Å². The predicted molar refractivity (Wildman–Crippen MR) is 111 cm³/mol. The molecule has 0 N–H and O–H groups in total. The van der Waals surface area contributed by atoms with Gasteiger partial charge in [-0.2, -0.15) is 0 Å². The number of fused-ring (bicyclic) bond motifs is 2. The second-order valence-electron chi connectivity index (χ2n) is 6.65. The van der Waals surface area contributed by atoms with E-state index in [1.165, 1.54) is 0 Å². The zero-order chi connectivity index (χ0) is 19.9. The summed E-state index contributed by atoms with van der Waals surface area (Å²) in [4.78, 5) is 7.99. The molecule has 0 saturated heterocycles. The van der Waals surface area contributed by atoms with Crippen molar-refractivity contribution in [3.05, 3.63) is 66.4 Å². The lowest BCUT2D eigenvalue weighted by atomic mass is 10.1. The maximum atomic E-state index is 12.1. The molecule has 4 rings (SSSR count). The first-order valence-electron chi connectivity index (χ1n) is 8.97. The molecule has 0 spiro atoms. The third-order valence-corrected chi connectivity index (χ3v) is 7.16. The van der Waals surface area contributed by atoms with Gasteiger partial charge in [-0.05, 0) is 49.2 Å². The first-order valence-corrected chi connectivity index (χ1v) is 11.3. The molecule has 0 saturated carbocycles. The van der Waals surface area contributed by atoms with Gasteiger partial charge in [-0.1, -0.05) is 43.0 Å². The second-order valence-corrected chi connectivity index (χ2v) is 9.26. The van der Waals surface area contributed by atoms with Gasteiger partial charge >= 0.3 is 0 Å². The summed E-state index contributed by atoms with van der Waals surface area (Å²) >= 11 is 1.57. The summed E-state index contributed by atoms with van der Waals surface area (Å²) < 4.78 is 36.2. The number of hydrogen-bond acceptors (Lipinski definition) is 6. The van der Waals surface area contributed by atoms with E-state index in [2.05, 4.69) is 4.98 Å². The van der Waals surface area contributed by atoms with Crippen LogP contribution in [0.1, 0.15) is 18.9 Å². The van der Waals surface area contributed by atoms with E-state index < -0.39 is 15.5 Å². The highest BCUT2D eigenvalue weighted by Gasteiger charge is 2.32. The molecule has 1 atom stereocenters. The summed E-state index contributed by atoms with van der Waals surface area (Å²) in [6, 6.07) is 17.3. The maximum absolute atomic E-state index is 12.1. The summed E-state index contributed by atoms with van der Waals surface area (Å²) in [5.41, 5.74) is 4.21. The molecule has 1 aliphatic heterocycles. The molecule has 2 aromatic carbocycles. The van der Waals surface area contributed by atoms with E-state index in [1.807, 2.05) is 61.5 Å². The van der Waals surface area contributed by atoms with Gasteiger partial charge in [0.15, 0.2) is 0 Å². The van der Waals surface area contributed by atoms with Crippen molar-refractivity contribution in [2.45, 2.75) is 35.4 Å². The van der Waals surface area contributed by atoms with Gasteiger partial charge in [-0.3, -0.25) is 4.98 Å². The fourth-order valence-electron chi connectivity index (χ4n) is 3.54. The van der Waals surface area contributed by atoms with Gasteiger partial charge in [0, 0.05) is 21.6 Å². The Kier molecular flexibility index (Phi) is 4.91. The highest BCUT2D eigenvalue weighted by molar-refractivity contribution is 7.99. The van der Waals surface area contributed by atoms with Crippen molar-refractivity contribution in [3.63, 3.8) is 0 Å². The van der Waals surface area contributed by atoms with E-state index in [4.69, 9.17) is 0 Å². The van der Waals surface area contributed by atoms with Crippen LogP contribution in [0.2, 0.25) is 0 Å². The van der Waals surface area contributed by atoms with Crippen molar-refractivity contribution < 1.29 is 13.0 Å². The van der Waals surface area contributed by atoms with Crippen molar-refractivity contribution in [2.24, 2.45) is 0 Å². The molecule has 0 radical (unpaired) electrons. The first-order chi connectivity index (χ1) is 13.4. The smallest absolute Gasteiger partial charge is 0.124 e. The Balaban J connectivity index is 1.94. The van der Waals surface area contributed by atoms with Crippen molar-refractivity contribution in [2.75, 3.05) is 4.90 Å². The minimum Gasteiger partial charge on any atom is -0.746 e. The molecule has 3 aromatic rings. The molecule has 1 unspecified atom stereocenters. The zero-order valence-electron chi connectivity index (χ0n) is 15.5. The summed E-state index contributed by atoms with van der Waals surface area (Å²) in [5.74, 6) is 0. The van der Waals surface area contributed by atoms with Crippen LogP contribution in [0.15, 0.2) is 70.6 Å². The van der Waals surface area contributed by atoms with E-state index in [9.17, 15) is 13.0 Å². The highest BCUT2D eigenvalue weighted by Crippen LogP contribution is 2.50. The van der Waals surface area contributed by atoms with E-state index in [-0.39, 0.29) is 6.42 Å². The van der Waals surface area contributed by atoms with Crippen LogP contribution in [0, 0.1) is 6.92 Å². The van der Waals surface area contributed by atoms with Gasteiger partial charge < -0.3 is 9.45 Å². The lowest BCUT2D eigenvalue weighted by Crippen LogP contribution is -2.38. The monoisotopic (exact) mass is 411 g/mol. The number of para-hydroxylation sites is 1. The standard InChI is InChI=1S/C21H20N2O3S2/c1-3-20(28(24,25)26)23-16-8-4-5-9-18(16)27-19-11-10-15(13-17(19)23)21-14(2)7-6-12-22-21/h4-13,20H,3H2,1-2H3,(H,24,25,26)/p-1. The lowest BCUT2D eigenvalue weighted by Gasteiger charge is -2.39. The average Bonchev–Trinajstić information content (AvgIpc) is 2.67. The van der Waals surface area contributed by atoms with Gasteiger partial charge in [0.2, 0.25) is 0 Å². The Bertz CT molecular complexity index is 1150. The summed E-state index contributed by atoms with van der Waals surface area (Å²) in [6.07, 6.45) is 1.93. The number of benzene rings is 2. The Morgan fingerprint density at radius 2 is 1.82 bits per heavy atom. The summed E-state index contributed by atoms with van der Waals surface area (Å²) in [5, 5.41) is -1.17. The molecule has 7 heteroatoms. The van der Waals surface area contributed by atoms with E-state index in [1.54, 1.807) is 29.8 Å². The molecule has 0 bridgehead atoms. The maximum Gasteiger partial charge on any atom is 0.124 e. The summed E-state index contributed by atoms with van der Waals surface area (Å²) in [6.45, 7) is 3.71. The minimum absolute atomic E-state index is 0.192. The van der Waals surface area contributed by atoms with Gasteiger partial charge in [-0.25, -0.2) is 8.42 Å². The van der Waals surface area contributed by atoms with Crippen LogP contribution < -0.4 is 4.90 Å². The predicted octanol–water partition coefficient (Wildman–Crippen LogP) is 4.94. The van der Waals surface area contributed by atoms with Gasteiger partial charge in [0.05, 0.1) is 17.1 Å². The van der Waals surface area contributed by atoms with Crippen LogP contribution in [-0.4, -0.2) is 23.3 Å². The fraction of sp³-hybridized carbons (Fsp3) is 0.190. The van der Waals surface area contributed by atoms with Crippen molar-refractivity contribution >= 4 is 33.3 Å². The van der Waals surface area contributed by atoms with E-state index in [0.717, 1.165) is 38.0 Å². The molecular weight excluding hydrogens is 392 g/mol.